The molecule has 0 fully saturated rings. The Morgan fingerprint density at radius 1 is 0.385 bits per heavy atom. The lowest BCUT2D eigenvalue weighted by atomic mass is 9.94. The predicted octanol–water partition coefficient (Wildman–Crippen LogP) is 10.1. The highest BCUT2D eigenvalue weighted by atomic mass is 14.9. The fourth-order valence-corrected chi connectivity index (χ4v) is 5.26. The summed E-state index contributed by atoms with van der Waals surface area (Å²) < 4.78 is 0. The Hall–Kier alpha value is -5.21. The zero-order valence-corrected chi connectivity index (χ0v) is 21.4. The second-order valence-corrected chi connectivity index (χ2v) is 9.83. The van der Waals surface area contributed by atoms with Gasteiger partial charge in [-0.15, -0.1) is 0 Å². The molecule has 0 aliphatic rings. The molecule has 7 rings (SSSR count). The van der Waals surface area contributed by atoms with Gasteiger partial charge in [0.15, 0.2) is 0 Å². The standard InChI is InChI=1S/C37H26N2/c1-2-8-35(9-3-1)39-37-25-33(31-11-10-26-6-4-5-7-28(26)22-31)16-17-36(37)34-15-14-30-23-29(12-13-32(30)24-34)27-18-20-38-21-19-27/h1-25,39H. The molecule has 2 heteroatoms. The van der Waals surface area contributed by atoms with Crippen LogP contribution < -0.4 is 5.32 Å². The molecule has 0 radical (unpaired) electrons. The number of hydrogen-bond acceptors (Lipinski definition) is 2. The van der Waals surface area contributed by atoms with Crippen molar-refractivity contribution in [3.63, 3.8) is 0 Å². The molecule has 0 saturated carbocycles. The Bertz CT molecular complexity index is 1930. The van der Waals surface area contributed by atoms with E-state index in [1.165, 1.54) is 54.9 Å². The van der Waals surface area contributed by atoms with Crippen molar-refractivity contribution in [3.8, 4) is 33.4 Å². The molecule has 7 aromatic rings. The topological polar surface area (TPSA) is 24.9 Å². The first-order valence-electron chi connectivity index (χ1n) is 13.2. The van der Waals surface area contributed by atoms with Gasteiger partial charge in [0.1, 0.15) is 0 Å². The van der Waals surface area contributed by atoms with E-state index < -0.39 is 0 Å². The fraction of sp³-hybridized carbons (Fsp3) is 0. The van der Waals surface area contributed by atoms with Crippen molar-refractivity contribution < 1.29 is 0 Å². The number of fused-ring (bicyclic) bond motifs is 2. The highest BCUT2D eigenvalue weighted by Crippen LogP contribution is 2.37. The lowest BCUT2D eigenvalue weighted by Crippen LogP contribution is -1.94. The smallest absolute Gasteiger partial charge is 0.0470 e. The number of nitrogens with one attached hydrogen (secondary N) is 1. The van der Waals surface area contributed by atoms with Gasteiger partial charge in [-0.2, -0.15) is 0 Å². The fourth-order valence-electron chi connectivity index (χ4n) is 5.26. The number of benzene rings is 6. The quantitative estimate of drug-likeness (QED) is 0.255. The lowest BCUT2D eigenvalue weighted by Gasteiger charge is -2.16. The van der Waals surface area contributed by atoms with Crippen LogP contribution in [0.5, 0.6) is 0 Å². The highest BCUT2D eigenvalue weighted by Gasteiger charge is 2.11. The van der Waals surface area contributed by atoms with E-state index in [0.29, 0.717) is 0 Å². The SMILES string of the molecule is c1ccc(Nc2cc(-c3ccc4ccccc4c3)ccc2-c2ccc3cc(-c4ccncc4)ccc3c2)cc1. The molecule has 6 aromatic carbocycles. The van der Waals surface area contributed by atoms with Crippen LogP contribution in [0.4, 0.5) is 11.4 Å². The van der Waals surface area contributed by atoms with E-state index in [1.54, 1.807) is 0 Å². The van der Waals surface area contributed by atoms with Gasteiger partial charge >= 0.3 is 0 Å². The van der Waals surface area contributed by atoms with E-state index in [1.807, 2.05) is 30.6 Å². The first kappa shape index (κ1) is 22.9. The van der Waals surface area contributed by atoms with Crippen molar-refractivity contribution in [2.75, 3.05) is 5.32 Å². The second kappa shape index (κ2) is 9.92. The van der Waals surface area contributed by atoms with Crippen molar-refractivity contribution in [2.45, 2.75) is 0 Å². The Labute approximate surface area is 228 Å². The van der Waals surface area contributed by atoms with E-state index >= 15 is 0 Å². The largest absolute Gasteiger partial charge is 0.355 e. The molecule has 0 aliphatic carbocycles. The molecule has 0 atom stereocenters. The van der Waals surface area contributed by atoms with E-state index in [4.69, 9.17) is 0 Å². The molecule has 184 valence electrons. The van der Waals surface area contributed by atoms with Gasteiger partial charge in [-0.25, -0.2) is 0 Å². The maximum absolute atomic E-state index is 4.15. The molecule has 1 N–H and O–H groups in total. The van der Waals surface area contributed by atoms with Gasteiger partial charge in [-0.1, -0.05) is 91.0 Å². The van der Waals surface area contributed by atoms with Gasteiger partial charge in [0, 0.05) is 29.3 Å². The van der Waals surface area contributed by atoms with Crippen LogP contribution in [0, 0.1) is 0 Å². The third kappa shape index (κ3) is 4.65. The Morgan fingerprint density at radius 2 is 0.923 bits per heavy atom. The molecule has 39 heavy (non-hydrogen) atoms. The van der Waals surface area contributed by atoms with Crippen LogP contribution in [0.3, 0.4) is 0 Å². The average molecular weight is 499 g/mol. The first-order chi connectivity index (χ1) is 19.3. The predicted molar refractivity (Wildman–Crippen MR) is 165 cm³/mol. The monoisotopic (exact) mass is 498 g/mol. The van der Waals surface area contributed by atoms with E-state index in [2.05, 4.69) is 132 Å². The van der Waals surface area contributed by atoms with Crippen molar-refractivity contribution >= 4 is 32.9 Å². The van der Waals surface area contributed by atoms with Crippen LogP contribution in [0.1, 0.15) is 0 Å². The minimum Gasteiger partial charge on any atom is -0.355 e. The van der Waals surface area contributed by atoms with Crippen LogP contribution in [-0.2, 0) is 0 Å². The Balaban J connectivity index is 1.31. The summed E-state index contributed by atoms with van der Waals surface area (Å²) in [5.41, 5.74) is 9.27. The number of anilines is 2. The summed E-state index contributed by atoms with van der Waals surface area (Å²) in [6, 6.07) is 49.8. The number of pyridine rings is 1. The van der Waals surface area contributed by atoms with Gasteiger partial charge < -0.3 is 5.32 Å². The summed E-state index contributed by atoms with van der Waals surface area (Å²) in [5, 5.41) is 8.63. The third-order valence-corrected chi connectivity index (χ3v) is 7.32. The van der Waals surface area contributed by atoms with E-state index in [9.17, 15) is 0 Å². The zero-order valence-electron chi connectivity index (χ0n) is 21.4. The minimum atomic E-state index is 1.07. The summed E-state index contributed by atoms with van der Waals surface area (Å²) in [4.78, 5) is 4.15. The highest BCUT2D eigenvalue weighted by molar-refractivity contribution is 5.94. The molecular formula is C37H26N2. The molecule has 2 nitrogen and oxygen atoms in total. The average Bonchev–Trinajstić information content (AvgIpc) is 3.01. The molecule has 0 aliphatic heterocycles. The summed E-state index contributed by atoms with van der Waals surface area (Å²) in [5.74, 6) is 0. The zero-order chi connectivity index (χ0) is 26.0. The molecule has 0 amide bonds. The molecular weight excluding hydrogens is 472 g/mol. The van der Waals surface area contributed by atoms with Gasteiger partial charge in [-0.3, -0.25) is 4.98 Å². The maximum atomic E-state index is 4.15. The maximum Gasteiger partial charge on any atom is 0.0470 e. The van der Waals surface area contributed by atoms with Crippen LogP contribution in [0.2, 0.25) is 0 Å². The van der Waals surface area contributed by atoms with Crippen molar-refractivity contribution in [1.82, 2.24) is 4.98 Å². The lowest BCUT2D eigenvalue weighted by molar-refractivity contribution is 1.33. The van der Waals surface area contributed by atoms with Crippen LogP contribution in [0.25, 0.3) is 54.9 Å². The molecule has 0 bridgehead atoms. The number of aromatic nitrogens is 1. The summed E-state index contributed by atoms with van der Waals surface area (Å²) in [6.07, 6.45) is 3.68. The number of hydrogen-bond donors (Lipinski definition) is 1. The van der Waals surface area contributed by atoms with Gasteiger partial charge in [-0.05, 0) is 97.9 Å². The summed E-state index contributed by atoms with van der Waals surface area (Å²) >= 11 is 0. The van der Waals surface area contributed by atoms with Crippen LogP contribution >= 0.6 is 0 Å². The van der Waals surface area contributed by atoms with Crippen molar-refractivity contribution in [1.29, 1.82) is 0 Å². The molecule has 1 heterocycles. The van der Waals surface area contributed by atoms with Crippen LogP contribution in [-0.4, -0.2) is 4.98 Å². The Morgan fingerprint density at radius 3 is 1.69 bits per heavy atom. The molecule has 0 spiro atoms. The second-order valence-electron chi connectivity index (χ2n) is 9.83. The molecule has 0 saturated heterocycles. The number of nitrogens with zero attached hydrogens (tertiary/aromatic N) is 1. The number of para-hydroxylation sites is 1. The normalized spacial score (nSPS) is 11.1. The van der Waals surface area contributed by atoms with Gasteiger partial charge in [0.25, 0.3) is 0 Å². The Kier molecular flexibility index (Phi) is 5.84. The molecule has 0 unspecified atom stereocenters. The van der Waals surface area contributed by atoms with Gasteiger partial charge in [0.05, 0.1) is 0 Å². The first-order valence-corrected chi connectivity index (χ1v) is 13.2. The van der Waals surface area contributed by atoms with Crippen molar-refractivity contribution in [3.05, 3.63) is 152 Å². The third-order valence-electron chi connectivity index (χ3n) is 7.32. The molecule has 1 aromatic heterocycles. The van der Waals surface area contributed by atoms with Crippen molar-refractivity contribution in [2.24, 2.45) is 0 Å². The number of rotatable bonds is 5. The van der Waals surface area contributed by atoms with Crippen LogP contribution in [0.15, 0.2) is 152 Å². The summed E-state index contributed by atoms with van der Waals surface area (Å²) in [6.45, 7) is 0. The van der Waals surface area contributed by atoms with E-state index in [-0.39, 0.29) is 0 Å². The minimum absolute atomic E-state index is 1.07. The van der Waals surface area contributed by atoms with Gasteiger partial charge in [0.2, 0.25) is 0 Å². The summed E-state index contributed by atoms with van der Waals surface area (Å²) in [7, 11) is 0. The van der Waals surface area contributed by atoms with E-state index in [0.717, 1.165) is 11.4 Å².